The van der Waals surface area contributed by atoms with E-state index in [0.29, 0.717) is 77.3 Å². The van der Waals surface area contributed by atoms with Gasteiger partial charge in [-0.1, -0.05) is 135 Å². The number of carbonyl (C=O) groups excluding carboxylic acids is 5. The average Bonchev–Trinajstić information content (AvgIpc) is 1.59. The first kappa shape index (κ1) is 99.3. The first-order chi connectivity index (χ1) is 58.9. The number of aliphatic hydroxyl groups excluding tert-OH is 5. The van der Waals surface area contributed by atoms with Gasteiger partial charge in [0.05, 0.1) is 70.8 Å². The van der Waals surface area contributed by atoms with Gasteiger partial charge in [0, 0.05) is 19.1 Å². The predicted molar refractivity (Wildman–Crippen MR) is 494 cm³/mol. The van der Waals surface area contributed by atoms with Gasteiger partial charge in [-0.25, -0.2) is 0 Å². The topological polar surface area (TPSA) is 258 Å². The van der Waals surface area contributed by atoms with E-state index in [1.165, 1.54) is 71.2 Å². The summed E-state index contributed by atoms with van der Waals surface area (Å²) in [7, 11) is 0. The monoisotopic (exact) mass is 1730 g/mol. The molecule has 0 aromatic heterocycles. The minimum Gasteiger partial charge on any atom is -0.462 e. The molecule has 5 aromatic rings. The Kier molecular flexibility index (Phi) is 31.9. The highest BCUT2D eigenvalue weighted by molar-refractivity contribution is 5.85. The van der Waals surface area contributed by atoms with Crippen LogP contribution in [0.1, 0.15) is 346 Å². The van der Waals surface area contributed by atoms with Crippen molar-refractivity contribution in [2.75, 3.05) is 13.2 Å². The van der Waals surface area contributed by atoms with Crippen molar-refractivity contribution in [2.24, 2.45) is 91.2 Å². The van der Waals surface area contributed by atoms with E-state index in [-0.39, 0.29) is 114 Å². The van der Waals surface area contributed by atoms with Crippen molar-refractivity contribution < 1.29 is 82.7 Å². The van der Waals surface area contributed by atoms with Gasteiger partial charge in [-0.15, -0.1) is 0 Å². The van der Waals surface area contributed by atoms with Crippen LogP contribution in [-0.4, -0.2) is 116 Å². The lowest BCUT2D eigenvalue weighted by molar-refractivity contribution is -0.215. The standard InChI is InChI=1S/2C17H28O3.C16H24O3.C15H26O3.2C15H18O.C13H18O3/c2*1-4-15(2,3)14(19)20-17-8-12-5-13(9-17)7-16(6-12,10-17)11-18;1-4-16(2,3)15(17)19-11-6-8-5-10(11)13-9(8)7-12-14(13)18-12;1-6-14(3,4)13(16)17-10(2)11-7-8-12-15(5,9-11)18-12;2*1-3-11(2)13-6-7-14-8-12(10-16)4-5-15(14)9-13;1-4-13(2,3)12(15)16-11-7-5-10(9-14)6-8-11/h2*12-13,18H,4-11H2,1-3H3;8-14H,4-7H2,1-3H3;10-12H,6-9H2,1-5H3;2*4-9,11,16H,3,10H2,1-2H3;5-8,14H,4,9H2,1-3H3. The number of epoxide rings is 2. The fourth-order valence-electron chi connectivity index (χ4n) is 22.9. The Morgan fingerprint density at radius 3 is 1.27 bits per heavy atom. The Balaban J connectivity index is 0.000000142. The highest BCUT2D eigenvalue weighted by atomic mass is 16.6. The van der Waals surface area contributed by atoms with Crippen LogP contribution in [0.25, 0.3) is 21.5 Å². The van der Waals surface area contributed by atoms with E-state index in [2.05, 4.69) is 102 Å². The van der Waals surface area contributed by atoms with Crippen LogP contribution < -0.4 is 4.74 Å². The first-order valence-electron chi connectivity index (χ1n) is 48.5. The summed E-state index contributed by atoms with van der Waals surface area (Å²) in [5.74, 6) is 7.38. The second kappa shape index (κ2) is 40.2. The Morgan fingerprint density at radius 2 is 0.856 bits per heavy atom. The molecule has 17 nitrogen and oxygen atoms in total. The summed E-state index contributed by atoms with van der Waals surface area (Å²) in [6, 6.07) is 32.3. The van der Waals surface area contributed by atoms with Gasteiger partial charge in [0.2, 0.25) is 0 Å². The number of rotatable bonds is 25. The lowest BCUT2D eigenvalue weighted by Gasteiger charge is -2.61. The third-order valence-electron chi connectivity index (χ3n) is 33.0. The Bertz CT molecular complexity index is 4270. The molecule has 19 rings (SSSR count). The van der Waals surface area contributed by atoms with Crippen LogP contribution in [0, 0.1) is 91.2 Å². The summed E-state index contributed by atoms with van der Waals surface area (Å²) in [6.07, 6.45) is 27.9. The summed E-state index contributed by atoms with van der Waals surface area (Å²) < 4.78 is 40.4. The lowest BCUT2D eigenvalue weighted by atomic mass is 9.48. The Labute approximate surface area is 749 Å². The number of aliphatic hydroxyl groups is 5. The third kappa shape index (κ3) is 23.4. The molecule has 0 amide bonds. The molecule has 14 fully saturated rings. The van der Waals surface area contributed by atoms with Gasteiger partial charge >= 0.3 is 29.8 Å². The quantitative estimate of drug-likeness (QED) is 0.0157. The van der Waals surface area contributed by atoms with Gasteiger partial charge in [0.15, 0.2) is 0 Å². The number of hydrogen-bond donors (Lipinski definition) is 5. The van der Waals surface area contributed by atoms with Gasteiger partial charge in [-0.2, -0.15) is 0 Å². The molecule has 12 aliphatic carbocycles. The summed E-state index contributed by atoms with van der Waals surface area (Å²) in [4.78, 5) is 61.1. The zero-order valence-electron chi connectivity index (χ0n) is 80.3. The van der Waals surface area contributed by atoms with E-state index >= 15 is 0 Å². The van der Waals surface area contributed by atoms with E-state index in [9.17, 15) is 34.2 Å². The number of benzene rings is 5. The summed E-state index contributed by atoms with van der Waals surface area (Å²) >= 11 is 0. The van der Waals surface area contributed by atoms with E-state index in [0.717, 1.165) is 151 Å². The van der Waals surface area contributed by atoms with Crippen molar-refractivity contribution in [1.82, 2.24) is 0 Å². The molecule has 125 heavy (non-hydrogen) atoms. The maximum Gasteiger partial charge on any atom is 0.316 e. The van der Waals surface area contributed by atoms with Gasteiger partial charge in [0.25, 0.3) is 0 Å². The maximum atomic E-state index is 12.5. The molecule has 10 bridgehead atoms. The zero-order chi connectivity index (χ0) is 91.4. The van der Waals surface area contributed by atoms with Gasteiger partial charge in [-0.05, 0) is 387 Å². The van der Waals surface area contributed by atoms with Gasteiger partial charge in [-0.3, -0.25) is 24.0 Å². The number of hydrogen-bond acceptors (Lipinski definition) is 17. The van der Waals surface area contributed by atoms with E-state index in [1.807, 2.05) is 116 Å². The van der Waals surface area contributed by atoms with Crippen LogP contribution in [0.5, 0.6) is 5.75 Å². The van der Waals surface area contributed by atoms with Crippen LogP contribution in [-0.2, 0) is 72.2 Å². The summed E-state index contributed by atoms with van der Waals surface area (Å²) in [5, 5.41) is 51.6. The van der Waals surface area contributed by atoms with Crippen LogP contribution in [0.3, 0.4) is 0 Å². The maximum absolute atomic E-state index is 12.5. The molecular formula is C108H160O17. The molecule has 17 unspecified atom stereocenters. The van der Waals surface area contributed by atoms with E-state index < -0.39 is 16.2 Å². The fraction of sp³-hybridized carbons (Fsp3) is 0.713. The molecule has 17 heteroatoms. The molecule has 0 radical (unpaired) electrons. The van der Waals surface area contributed by atoms with Crippen molar-refractivity contribution in [3.8, 4) is 5.75 Å². The van der Waals surface area contributed by atoms with Crippen molar-refractivity contribution in [3.63, 3.8) is 0 Å². The molecule has 694 valence electrons. The molecule has 5 N–H and O–H groups in total. The Hall–Kier alpha value is -6.31. The third-order valence-corrected chi connectivity index (χ3v) is 33.0. The van der Waals surface area contributed by atoms with Crippen LogP contribution in [0.15, 0.2) is 97.1 Å². The molecule has 17 atom stereocenters. The first-order valence-corrected chi connectivity index (χ1v) is 48.5. The number of fused-ring (bicyclic) bond motifs is 10. The molecule has 5 aromatic carbocycles. The average molecular weight is 1730 g/mol. The molecule has 2 saturated heterocycles. The predicted octanol–water partition coefficient (Wildman–Crippen LogP) is 22.9. The molecule has 2 heterocycles. The van der Waals surface area contributed by atoms with E-state index in [1.54, 1.807) is 24.3 Å². The molecule has 12 saturated carbocycles. The molecule has 0 spiro atoms. The lowest BCUT2D eigenvalue weighted by Crippen LogP contribution is -2.59. The van der Waals surface area contributed by atoms with E-state index in [4.69, 9.17) is 48.5 Å². The number of esters is 5. The summed E-state index contributed by atoms with van der Waals surface area (Å²) in [6.45, 7) is 43.5. The molecule has 2 aliphatic heterocycles. The SMILES string of the molecule is CCC(C)(C)C(=O)OC(C)C1CCC2OC2(C)C1.CCC(C)(C)C(=O)OC12CC3CC(CC(CO)(C3)C1)C2.CCC(C)(C)C(=O)OC12CC3CC(CC(CO)(C3)C1)C2.CCC(C)(C)C(=O)OC1CC2CC1C1C2CC2OC21.CCC(C)(C)C(=O)Oc1ccc(CO)cc1.CCC(C)c1ccc2cc(CO)ccc2c1.CCC(C)c1ccc2cc(CO)ccc2c1. The number of carbonyl (C=O) groups is 5. The zero-order valence-corrected chi connectivity index (χ0v) is 80.3. The minimum absolute atomic E-state index is 0.00429. The number of ether oxygens (including phenoxy) is 7. The highest BCUT2D eigenvalue weighted by Crippen LogP contribution is 2.67. The fourth-order valence-corrected chi connectivity index (χ4v) is 22.9. The van der Waals surface area contributed by atoms with Crippen molar-refractivity contribution in [2.45, 2.75) is 385 Å². The summed E-state index contributed by atoms with van der Waals surface area (Å²) in [5.41, 5.74) is 3.21. The Morgan fingerprint density at radius 1 is 0.448 bits per heavy atom. The van der Waals surface area contributed by atoms with Crippen molar-refractivity contribution >= 4 is 51.4 Å². The molecule has 14 aliphatic rings. The second-order valence-electron chi connectivity index (χ2n) is 44.6. The van der Waals surface area contributed by atoms with Gasteiger partial charge in [0.1, 0.15) is 29.2 Å². The minimum atomic E-state index is -0.463. The normalized spacial score (nSPS) is 31.3. The molecular weight excluding hydrogens is 1570 g/mol. The largest absolute Gasteiger partial charge is 0.462 e. The highest BCUT2D eigenvalue weighted by Gasteiger charge is 2.68. The van der Waals surface area contributed by atoms with Crippen molar-refractivity contribution in [3.05, 3.63) is 125 Å². The van der Waals surface area contributed by atoms with Crippen molar-refractivity contribution in [1.29, 1.82) is 0 Å². The van der Waals surface area contributed by atoms with Crippen LogP contribution in [0.4, 0.5) is 0 Å². The van der Waals surface area contributed by atoms with Crippen LogP contribution >= 0.6 is 0 Å². The van der Waals surface area contributed by atoms with Gasteiger partial charge < -0.3 is 58.7 Å². The smallest absolute Gasteiger partial charge is 0.316 e. The van der Waals surface area contributed by atoms with Crippen LogP contribution in [0.2, 0.25) is 0 Å². The second-order valence-corrected chi connectivity index (χ2v) is 44.6.